The first-order valence-corrected chi connectivity index (χ1v) is 6.56. The van der Waals surface area contributed by atoms with Crippen LogP contribution in [0, 0.1) is 0 Å². The van der Waals surface area contributed by atoms with E-state index in [4.69, 9.17) is 4.84 Å². The minimum atomic E-state index is 0.103. The van der Waals surface area contributed by atoms with E-state index in [1.165, 1.54) is 11.3 Å². The molecule has 18 heavy (non-hydrogen) atoms. The van der Waals surface area contributed by atoms with Gasteiger partial charge in [-0.1, -0.05) is 5.16 Å². The molecule has 1 aromatic heterocycles. The number of carbonyl (C=O) groups is 2. The third kappa shape index (κ3) is 3.13. The van der Waals surface area contributed by atoms with Gasteiger partial charge in [-0.05, 0) is 25.7 Å². The second-order valence-corrected chi connectivity index (χ2v) is 4.76. The number of aldehydes is 1. The van der Waals surface area contributed by atoms with Crippen LogP contribution >= 0.6 is 11.3 Å². The molecule has 96 valence electrons. The minimum Gasteiger partial charge on any atom is -0.392 e. The molecule has 7 heteroatoms. The maximum atomic E-state index is 10.9. The van der Waals surface area contributed by atoms with Crippen LogP contribution in [-0.4, -0.2) is 29.5 Å². The number of hydrogen-bond donors (Lipinski definition) is 1. The number of carbonyl (C=O) groups excluding carboxylic acids is 2. The van der Waals surface area contributed by atoms with Crippen LogP contribution in [0.15, 0.2) is 10.5 Å². The van der Waals surface area contributed by atoms with Crippen molar-refractivity contribution in [3.8, 4) is 0 Å². The molecule has 0 bridgehead atoms. The van der Waals surface area contributed by atoms with Crippen LogP contribution in [0.1, 0.15) is 31.4 Å². The zero-order valence-electron chi connectivity index (χ0n) is 9.67. The fourth-order valence-electron chi connectivity index (χ4n) is 1.76. The lowest BCUT2D eigenvalue weighted by molar-refractivity contribution is -0.105. The molecule has 2 rings (SSSR count). The molecule has 6 nitrogen and oxygen atoms in total. The highest BCUT2D eigenvalue weighted by Crippen LogP contribution is 2.21. The SMILES string of the molecule is O=CNc1nc(/C(C=O)=N/OC2CCCC2)cs1. The average Bonchev–Trinajstić information content (AvgIpc) is 3.02. The second-order valence-electron chi connectivity index (χ2n) is 3.91. The molecule has 0 aromatic carbocycles. The number of oxime groups is 1. The molecule has 1 heterocycles. The normalized spacial score (nSPS) is 16.6. The van der Waals surface area contributed by atoms with Crippen LogP contribution < -0.4 is 5.32 Å². The molecule has 1 aromatic rings. The van der Waals surface area contributed by atoms with Gasteiger partial charge in [0.25, 0.3) is 0 Å². The third-order valence-electron chi connectivity index (χ3n) is 2.66. The summed E-state index contributed by atoms with van der Waals surface area (Å²) in [5.41, 5.74) is 0.564. The predicted molar refractivity (Wildman–Crippen MR) is 67.7 cm³/mol. The molecule has 1 aliphatic rings. The van der Waals surface area contributed by atoms with Crippen molar-refractivity contribution in [1.82, 2.24) is 4.98 Å². The summed E-state index contributed by atoms with van der Waals surface area (Å²) < 4.78 is 0. The number of hydrogen-bond acceptors (Lipinski definition) is 6. The molecule has 0 atom stereocenters. The van der Waals surface area contributed by atoms with Gasteiger partial charge in [0, 0.05) is 5.38 Å². The molecule has 1 fully saturated rings. The third-order valence-corrected chi connectivity index (χ3v) is 3.44. The smallest absolute Gasteiger partial charge is 0.213 e. The fraction of sp³-hybridized carbons (Fsp3) is 0.455. The molecule has 0 saturated heterocycles. The minimum absolute atomic E-state index is 0.103. The number of thiazole rings is 1. The van der Waals surface area contributed by atoms with Crippen molar-refractivity contribution in [3.05, 3.63) is 11.1 Å². The monoisotopic (exact) mass is 267 g/mol. The van der Waals surface area contributed by atoms with Crippen LogP contribution in [0.5, 0.6) is 0 Å². The second kappa shape index (κ2) is 6.25. The Hall–Kier alpha value is -1.76. The van der Waals surface area contributed by atoms with Gasteiger partial charge in [-0.25, -0.2) is 4.98 Å². The number of rotatable bonds is 6. The first-order valence-electron chi connectivity index (χ1n) is 5.68. The van der Waals surface area contributed by atoms with Crippen molar-refractivity contribution >= 4 is 34.9 Å². The van der Waals surface area contributed by atoms with Crippen LogP contribution in [0.2, 0.25) is 0 Å². The first kappa shape index (κ1) is 12.7. The van der Waals surface area contributed by atoms with Gasteiger partial charge in [0.1, 0.15) is 11.8 Å². The zero-order valence-corrected chi connectivity index (χ0v) is 10.5. The first-order chi connectivity index (χ1) is 8.83. The maximum absolute atomic E-state index is 10.9. The van der Waals surface area contributed by atoms with Gasteiger partial charge < -0.3 is 10.2 Å². The van der Waals surface area contributed by atoms with Gasteiger partial charge in [0.15, 0.2) is 17.1 Å². The molecule has 1 amide bonds. The fourth-order valence-corrected chi connectivity index (χ4v) is 2.43. The summed E-state index contributed by atoms with van der Waals surface area (Å²) in [6.07, 6.45) is 5.48. The van der Waals surface area contributed by atoms with E-state index in [2.05, 4.69) is 15.5 Å². The van der Waals surface area contributed by atoms with Crippen LogP contribution in [0.4, 0.5) is 5.13 Å². The van der Waals surface area contributed by atoms with E-state index in [0.717, 1.165) is 25.7 Å². The Kier molecular flexibility index (Phi) is 4.40. The number of nitrogens with zero attached hydrogens (tertiary/aromatic N) is 2. The van der Waals surface area contributed by atoms with Crippen LogP contribution in [0.25, 0.3) is 0 Å². The highest BCUT2D eigenvalue weighted by Gasteiger charge is 2.17. The summed E-state index contributed by atoms with van der Waals surface area (Å²) in [5, 5.41) is 8.34. The standard InChI is InChI=1S/C11H13N3O3S/c15-5-9(14-17-8-3-1-2-4-8)10-6-18-11(13-10)12-7-16/h5-8H,1-4H2,(H,12,13,16)/b14-9+. The lowest BCUT2D eigenvalue weighted by Crippen LogP contribution is -2.09. The highest BCUT2D eigenvalue weighted by atomic mass is 32.1. The van der Waals surface area contributed by atoms with E-state index in [0.29, 0.717) is 23.5 Å². The Labute approximate surface area is 108 Å². The summed E-state index contributed by atoms with van der Waals surface area (Å²) >= 11 is 1.23. The topological polar surface area (TPSA) is 80.7 Å². The van der Waals surface area contributed by atoms with Crippen molar-refractivity contribution < 1.29 is 14.4 Å². The summed E-state index contributed by atoms with van der Waals surface area (Å²) in [6.45, 7) is 0. The van der Waals surface area contributed by atoms with Gasteiger partial charge in [-0.15, -0.1) is 11.3 Å². The lowest BCUT2D eigenvalue weighted by atomic mass is 10.3. The molecule has 0 spiro atoms. The molecule has 0 aliphatic heterocycles. The van der Waals surface area contributed by atoms with Crippen molar-refractivity contribution in [2.45, 2.75) is 31.8 Å². The van der Waals surface area contributed by atoms with Gasteiger partial charge in [-0.3, -0.25) is 9.59 Å². The molecular formula is C11H13N3O3S. The molecule has 0 radical (unpaired) electrons. The summed E-state index contributed by atoms with van der Waals surface area (Å²) in [6, 6.07) is 0. The Bertz CT molecular complexity index is 452. The number of aromatic nitrogens is 1. The predicted octanol–water partition coefficient (Wildman–Crippen LogP) is 1.57. The van der Waals surface area contributed by atoms with Crippen LogP contribution in [-0.2, 0) is 14.4 Å². The zero-order chi connectivity index (χ0) is 12.8. The molecular weight excluding hydrogens is 254 g/mol. The van der Waals surface area contributed by atoms with Crippen molar-refractivity contribution in [2.24, 2.45) is 5.16 Å². The quantitative estimate of drug-likeness (QED) is 0.482. The van der Waals surface area contributed by atoms with Crippen LogP contribution in [0.3, 0.4) is 0 Å². The number of anilines is 1. The van der Waals surface area contributed by atoms with Crippen molar-refractivity contribution in [2.75, 3.05) is 5.32 Å². The van der Waals surface area contributed by atoms with Gasteiger partial charge in [0.2, 0.25) is 6.41 Å². The Balaban J connectivity index is 2.03. The van der Waals surface area contributed by atoms with Crippen molar-refractivity contribution in [3.63, 3.8) is 0 Å². The van der Waals surface area contributed by atoms with E-state index in [-0.39, 0.29) is 11.8 Å². The number of nitrogens with one attached hydrogen (secondary N) is 1. The van der Waals surface area contributed by atoms with Gasteiger partial charge >= 0.3 is 0 Å². The van der Waals surface area contributed by atoms with E-state index in [1.54, 1.807) is 5.38 Å². The molecule has 1 N–H and O–H groups in total. The van der Waals surface area contributed by atoms with E-state index in [9.17, 15) is 9.59 Å². The highest BCUT2D eigenvalue weighted by molar-refractivity contribution is 7.14. The maximum Gasteiger partial charge on any atom is 0.213 e. The largest absolute Gasteiger partial charge is 0.392 e. The van der Waals surface area contributed by atoms with E-state index >= 15 is 0 Å². The Morgan fingerprint density at radius 2 is 2.28 bits per heavy atom. The Morgan fingerprint density at radius 3 is 2.94 bits per heavy atom. The lowest BCUT2D eigenvalue weighted by Gasteiger charge is -2.06. The molecule has 1 aliphatic carbocycles. The van der Waals surface area contributed by atoms with E-state index < -0.39 is 0 Å². The summed E-state index contributed by atoms with van der Waals surface area (Å²) in [5.74, 6) is 0. The average molecular weight is 267 g/mol. The van der Waals surface area contributed by atoms with E-state index in [1.807, 2.05) is 0 Å². The number of amides is 1. The summed E-state index contributed by atoms with van der Waals surface area (Å²) in [7, 11) is 0. The van der Waals surface area contributed by atoms with Gasteiger partial charge in [-0.2, -0.15) is 0 Å². The molecule has 1 saturated carbocycles. The van der Waals surface area contributed by atoms with Gasteiger partial charge in [0.05, 0.1) is 0 Å². The Morgan fingerprint density at radius 1 is 1.50 bits per heavy atom. The molecule has 0 unspecified atom stereocenters. The van der Waals surface area contributed by atoms with Crippen molar-refractivity contribution in [1.29, 1.82) is 0 Å². The summed E-state index contributed by atoms with van der Waals surface area (Å²) in [4.78, 5) is 30.6.